The first-order valence-electron chi connectivity index (χ1n) is 11.5. The molecule has 1 aliphatic rings. The molecule has 1 unspecified atom stereocenters. The molecule has 1 aromatic carbocycles. The van der Waals surface area contributed by atoms with Crippen molar-refractivity contribution in [3.05, 3.63) is 70.9 Å². The number of alkyl halides is 3. The number of benzene rings is 1. The van der Waals surface area contributed by atoms with E-state index in [4.69, 9.17) is 16.6 Å². The van der Waals surface area contributed by atoms with Gasteiger partial charge in [-0.05, 0) is 50.4 Å². The molecule has 37 heavy (non-hydrogen) atoms. The first kappa shape index (κ1) is 24.8. The number of amides is 1. The van der Waals surface area contributed by atoms with E-state index in [1.54, 1.807) is 24.3 Å². The van der Waals surface area contributed by atoms with Gasteiger partial charge in [-0.15, -0.1) is 0 Å². The minimum Gasteiger partial charge on any atom is -0.316 e. The number of imidazole rings is 1. The van der Waals surface area contributed by atoms with E-state index in [1.165, 1.54) is 6.20 Å². The number of carbonyl (C=O) groups excluding carboxylic acids is 1. The smallest absolute Gasteiger partial charge is 0.316 e. The van der Waals surface area contributed by atoms with Crippen LogP contribution in [0.1, 0.15) is 40.5 Å². The van der Waals surface area contributed by atoms with Gasteiger partial charge in [-0.1, -0.05) is 23.7 Å². The molecule has 2 N–H and O–H groups in total. The Hall–Kier alpha value is -3.83. The maximum absolute atomic E-state index is 13.0. The van der Waals surface area contributed by atoms with Crippen molar-refractivity contribution in [1.82, 2.24) is 24.7 Å². The van der Waals surface area contributed by atoms with Gasteiger partial charge in [-0.25, -0.2) is 19.9 Å². The second-order valence-electron chi connectivity index (χ2n) is 8.57. The summed E-state index contributed by atoms with van der Waals surface area (Å²) in [6, 6.07) is 8.14. The van der Waals surface area contributed by atoms with Crippen molar-refractivity contribution in [3.8, 4) is 11.3 Å². The number of anilines is 1. The lowest BCUT2D eigenvalue weighted by atomic mass is 9.99. The lowest BCUT2D eigenvalue weighted by Crippen LogP contribution is -2.29. The molecule has 1 atom stereocenters. The van der Waals surface area contributed by atoms with E-state index in [-0.39, 0.29) is 17.3 Å². The van der Waals surface area contributed by atoms with Gasteiger partial charge in [0, 0.05) is 29.8 Å². The summed E-state index contributed by atoms with van der Waals surface area (Å²) in [4.78, 5) is 29.8. The van der Waals surface area contributed by atoms with Crippen molar-refractivity contribution < 1.29 is 18.0 Å². The highest BCUT2D eigenvalue weighted by Gasteiger charge is 2.31. The molecule has 12 heteroatoms. The van der Waals surface area contributed by atoms with Gasteiger partial charge >= 0.3 is 6.18 Å². The molecule has 1 saturated heterocycles. The average Bonchev–Trinajstić information content (AvgIpc) is 3.31. The van der Waals surface area contributed by atoms with Crippen molar-refractivity contribution in [2.45, 2.75) is 24.9 Å². The Morgan fingerprint density at radius 2 is 2.00 bits per heavy atom. The van der Waals surface area contributed by atoms with Crippen molar-refractivity contribution >= 4 is 41.4 Å². The van der Waals surface area contributed by atoms with E-state index in [2.05, 4.69) is 32.3 Å². The zero-order valence-electron chi connectivity index (χ0n) is 19.4. The summed E-state index contributed by atoms with van der Waals surface area (Å²) in [6.07, 6.45) is -0.0759. The first-order valence-corrected chi connectivity index (χ1v) is 11.8. The molecular weight excluding hydrogens is 507 g/mol. The third-order valence-corrected chi connectivity index (χ3v) is 6.45. The number of carbonyl (C=O) groups is 1. The van der Waals surface area contributed by atoms with E-state index in [1.807, 2.05) is 4.40 Å². The fraction of sp³-hybridized carbons (Fsp3) is 0.240. The Kier molecular flexibility index (Phi) is 6.65. The number of nitrogens with zero attached hydrogens (tertiary/aromatic N) is 5. The van der Waals surface area contributed by atoms with E-state index < -0.39 is 17.6 Å². The third kappa shape index (κ3) is 4.92. The minimum atomic E-state index is -4.54. The normalized spacial score (nSPS) is 16.1. The fourth-order valence-electron chi connectivity index (χ4n) is 4.40. The Labute approximate surface area is 214 Å². The van der Waals surface area contributed by atoms with Gasteiger partial charge < -0.3 is 10.6 Å². The number of nitrogens with one attached hydrogen (secondary N) is 2. The number of pyridine rings is 1. The molecule has 190 valence electrons. The van der Waals surface area contributed by atoms with Gasteiger partial charge in [0.15, 0.2) is 5.82 Å². The average molecular weight is 528 g/mol. The molecule has 0 radical (unpaired) electrons. The summed E-state index contributed by atoms with van der Waals surface area (Å²) >= 11 is 6.54. The monoisotopic (exact) mass is 527 g/mol. The van der Waals surface area contributed by atoms with Crippen molar-refractivity contribution in [3.63, 3.8) is 0 Å². The summed E-state index contributed by atoms with van der Waals surface area (Å²) < 4.78 is 40.7. The molecule has 0 bridgehead atoms. The van der Waals surface area contributed by atoms with Crippen LogP contribution < -0.4 is 10.6 Å². The van der Waals surface area contributed by atoms with E-state index in [0.717, 1.165) is 50.1 Å². The molecule has 0 spiro atoms. The summed E-state index contributed by atoms with van der Waals surface area (Å²) in [5.74, 6) is 0.501. The number of halogens is 4. The van der Waals surface area contributed by atoms with E-state index >= 15 is 0 Å². The number of rotatable bonds is 5. The summed E-state index contributed by atoms with van der Waals surface area (Å²) in [5.41, 5.74) is 1.22. The zero-order chi connectivity index (χ0) is 26.2. The van der Waals surface area contributed by atoms with Crippen LogP contribution in [-0.2, 0) is 6.18 Å². The van der Waals surface area contributed by atoms with Gasteiger partial charge in [-0.3, -0.25) is 9.20 Å². The van der Waals surface area contributed by atoms with Crippen LogP contribution in [0.5, 0.6) is 0 Å². The molecular formula is C25H21ClF3N7O. The Balaban J connectivity index is 1.48. The Morgan fingerprint density at radius 3 is 2.68 bits per heavy atom. The van der Waals surface area contributed by atoms with Crippen LogP contribution in [0.2, 0.25) is 5.15 Å². The second-order valence-corrected chi connectivity index (χ2v) is 8.95. The fourth-order valence-corrected chi connectivity index (χ4v) is 4.62. The quantitative estimate of drug-likeness (QED) is 0.333. The SMILES string of the molecule is C=Nc1ncc(Cl)n2c(C3CCCNC3)nc(-c3ccc(C(=O)Nc4cc(C(F)(F)F)ccn4)cc3)c12. The van der Waals surface area contributed by atoms with Crippen molar-refractivity contribution in [2.24, 2.45) is 4.99 Å². The van der Waals surface area contributed by atoms with Crippen LogP contribution in [0.25, 0.3) is 16.8 Å². The highest BCUT2D eigenvalue weighted by Crippen LogP contribution is 2.36. The number of hydrogen-bond donors (Lipinski definition) is 2. The van der Waals surface area contributed by atoms with Crippen LogP contribution >= 0.6 is 11.6 Å². The predicted molar refractivity (Wildman–Crippen MR) is 135 cm³/mol. The highest BCUT2D eigenvalue weighted by molar-refractivity contribution is 6.30. The molecule has 5 rings (SSSR count). The summed E-state index contributed by atoms with van der Waals surface area (Å²) in [6.45, 7) is 5.33. The summed E-state index contributed by atoms with van der Waals surface area (Å²) in [7, 11) is 0. The maximum atomic E-state index is 13.0. The number of fused-ring (bicyclic) bond motifs is 1. The van der Waals surface area contributed by atoms with E-state index in [0.29, 0.717) is 27.7 Å². The van der Waals surface area contributed by atoms with Crippen LogP contribution in [0.4, 0.5) is 24.8 Å². The molecule has 3 aromatic heterocycles. The number of hydrogen-bond acceptors (Lipinski definition) is 6. The first-order chi connectivity index (χ1) is 17.8. The molecule has 1 aliphatic heterocycles. The predicted octanol–water partition coefficient (Wildman–Crippen LogP) is 5.51. The highest BCUT2D eigenvalue weighted by atomic mass is 35.5. The van der Waals surface area contributed by atoms with Gasteiger partial charge in [0.1, 0.15) is 28.0 Å². The molecule has 4 heterocycles. The Morgan fingerprint density at radius 1 is 1.22 bits per heavy atom. The minimum absolute atomic E-state index is 0.137. The van der Waals surface area contributed by atoms with Crippen LogP contribution in [0, 0.1) is 0 Å². The lowest BCUT2D eigenvalue weighted by molar-refractivity contribution is -0.137. The van der Waals surface area contributed by atoms with Crippen LogP contribution in [0.15, 0.2) is 53.8 Å². The standard InChI is InChI=1S/C25H21ClF3N7O/c1-30-22-21-20(35-23(16-3-2-9-31-12-16)36(21)18(26)13-33-22)14-4-6-15(7-5-14)24(37)34-19-11-17(8-10-32-19)25(27,28)29/h4-8,10-11,13,16,31H,1-3,9,12H2,(H,32,34,37). The number of aromatic nitrogens is 4. The Bertz CT molecular complexity index is 1480. The molecule has 8 nitrogen and oxygen atoms in total. The summed E-state index contributed by atoms with van der Waals surface area (Å²) in [5, 5.41) is 6.19. The third-order valence-electron chi connectivity index (χ3n) is 6.18. The van der Waals surface area contributed by atoms with Gasteiger partial charge in [-0.2, -0.15) is 13.2 Å². The molecule has 1 fully saturated rings. The molecule has 4 aromatic rings. The topological polar surface area (TPSA) is 96.6 Å². The number of piperidine rings is 1. The lowest BCUT2D eigenvalue weighted by Gasteiger charge is -2.22. The van der Waals surface area contributed by atoms with E-state index in [9.17, 15) is 18.0 Å². The van der Waals surface area contributed by atoms with Crippen molar-refractivity contribution in [1.29, 1.82) is 0 Å². The van der Waals surface area contributed by atoms with Gasteiger partial charge in [0.05, 0.1) is 11.8 Å². The van der Waals surface area contributed by atoms with Crippen molar-refractivity contribution in [2.75, 3.05) is 18.4 Å². The maximum Gasteiger partial charge on any atom is 0.416 e. The number of aliphatic imine (C=N–C) groups is 1. The largest absolute Gasteiger partial charge is 0.416 e. The zero-order valence-corrected chi connectivity index (χ0v) is 20.1. The van der Waals surface area contributed by atoms with Gasteiger partial charge in [0.25, 0.3) is 5.91 Å². The molecule has 0 aliphatic carbocycles. The molecule has 1 amide bonds. The van der Waals surface area contributed by atoms with Crippen LogP contribution in [-0.4, -0.2) is 45.1 Å². The van der Waals surface area contributed by atoms with Gasteiger partial charge in [0.2, 0.25) is 0 Å². The second kappa shape index (κ2) is 9.91. The van der Waals surface area contributed by atoms with Crippen LogP contribution in [0.3, 0.4) is 0 Å². The molecule has 0 saturated carbocycles.